The van der Waals surface area contributed by atoms with Gasteiger partial charge in [0.2, 0.25) is 0 Å². The third-order valence-electron chi connectivity index (χ3n) is 3.86. The van der Waals surface area contributed by atoms with Gasteiger partial charge in [-0.1, -0.05) is 13.8 Å². The fourth-order valence-electron chi connectivity index (χ4n) is 2.16. The first kappa shape index (κ1) is 13.6. The molecule has 1 heterocycles. The molecule has 0 amide bonds. The number of nitrogens with zero attached hydrogens (tertiary/aromatic N) is 2. The van der Waals surface area contributed by atoms with E-state index < -0.39 is 0 Å². The minimum atomic E-state index is 0.475. The van der Waals surface area contributed by atoms with Crippen LogP contribution in [0, 0.1) is 11.3 Å². The average molecular weight is 313 g/mol. The van der Waals surface area contributed by atoms with Crippen LogP contribution in [0.1, 0.15) is 33.6 Å². The lowest BCUT2D eigenvalue weighted by Crippen LogP contribution is -2.21. The Morgan fingerprint density at radius 3 is 2.39 bits per heavy atom. The van der Waals surface area contributed by atoms with Crippen LogP contribution in [0.3, 0.4) is 0 Å². The summed E-state index contributed by atoms with van der Waals surface area (Å²) in [5.41, 5.74) is 0.475. The molecule has 1 aromatic heterocycles. The second kappa shape index (κ2) is 5.43. The van der Waals surface area contributed by atoms with Crippen LogP contribution in [0.5, 0.6) is 0 Å². The first-order valence-electron chi connectivity index (χ1n) is 6.57. The number of rotatable bonds is 6. The Labute approximate surface area is 117 Å². The van der Waals surface area contributed by atoms with Crippen LogP contribution in [-0.2, 0) is 0 Å². The summed E-state index contributed by atoms with van der Waals surface area (Å²) in [6.45, 7) is 8.50. The zero-order chi connectivity index (χ0) is 13.2. The van der Waals surface area contributed by atoms with Crippen LogP contribution in [-0.4, -0.2) is 23.1 Å². The van der Waals surface area contributed by atoms with Gasteiger partial charge in [-0.2, -0.15) is 0 Å². The van der Waals surface area contributed by atoms with Gasteiger partial charge in [0.1, 0.15) is 22.4 Å². The summed E-state index contributed by atoms with van der Waals surface area (Å²) in [6.07, 6.45) is 4.24. The maximum absolute atomic E-state index is 4.30. The molecule has 0 spiro atoms. The van der Waals surface area contributed by atoms with E-state index in [1.165, 1.54) is 12.8 Å². The van der Waals surface area contributed by atoms with Crippen LogP contribution in [0.2, 0.25) is 0 Å². The molecule has 18 heavy (non-hydrogen) atoms. The van der Waals surface area contributed by atoms with E-state index in [2.05, 4.69) is 57.3 Å². The highest BCUT2D eigenvalue weighted by molar-refractivity contribution is 9.10. The van der Waals surface area contributed by atoms with Crippen molar-refractivity contribution in [2.24, 2.45) is 11.3 Å². The van der Waals surface area contributed by atoms with E-state index in [9.17, 15) is 0 Å². The molecule has 0 atom stereocenters. The zero-order valence-corrected chi connectivity index (χ0v) is 12.8. The fourth-order valence-corrected chi connectivity index (χ4v) is 2.65. The standard InChI is InChI=1S/C13H21BrN4/c1-4-15-11-10(14)12(18-8-17-11)16-7-13(5-6-13)9(2)3/h8-9H,4-7H2,1-3H3,(H2,15,16,17,18). The Balaban J connectivity index is 2.03. The Morgan fingerprint density at radius 1 is 1.28 bits per heavy atom. The monoisotopic (exact) mass is 312 g/mol. The van der Waals surface area contributed by atoms with Gasteiger partial charge in [0.05, 0.1) is 0 Å². The number of aromatic nitrogens is 2. The van der Waals surface area contributed by atoms with Crippen molar-refractivity contribution in [1.29, 1.82) is 0 Å². The minimum absolute atomic E-state index is 0.475. The lowest BCUT2D eigenvalue weighted by atomic mass is 9.92. The summed E-state index contributed by atoms with van der Waals surface area (Å²) in [4.78, 5) is 8.52. The molecule has 0 radical (unpaired) electrons. The van der Waals surface area contributed by atoms with Gasteiger partial charge in [-0.3, -0.25) is 0 Å². The first-order chi connectivity index (χ1) is 8.59. The highest BCUT2D eigenvalue weighted by Gasteiger charge is 2.45. The summed E-state index contributed by atoms with van der Waals surface area (Å²) < 4.78 is 0.923. The van der Waals surface area contributed by atoms with Crippen molar-refractivity contribution < 1.29 is 0 Å². The highest BCUT2D eigenvalue weighted by atomic mass is 79.9. The Hall–Kier alpha value is -0.840. The lowest BCUT2D eigenvalue weighted by Gasteiger charge is -2.21. The van der Waals surface area contributed by atoms with E-state index in [1.807, 2.05) is 0 Å². The van der Waals surface area contributed by atoms with Crippen molar-refractivity contribution in [3.05, 3.63) is 10.8 Å². The summed E-state index contributed by atoms with van der Waals surface area (Å²) in [5.74, 6) is 2.45. The van der Waals surface area contributed by atoms with E-state index in [1.54, 1.807) is 6.33 Å². The normalized spacial score (nSPS) is 16.7. The Kier molecular flexibility index (Phi) is 4.10. The molecule has 1 aliphatic rings. The van der Waals surface area contributed by atoms with Gasteiger partial charge in [-0.15, -0.1) is 0 Å². The van der Waals surface area contributed by atoms with E-state index in [-0.39, 0.29) is 0 Å². The van der Waals surface area contributed by atoms with E-state index >= 15 is 0 Å². The number of nitrogens with one attached hydrogen (secondary N) is 2. The third-order valence-corrected chi connectivity index (χ3v) is 4.61. The Bertz CT molecular complexity index is 415. The molecule has 1 aromatic rings. The maximum Gasteiger partial charge on any atom is 0.145 e. The second-order valence-electron chi connectivity index (χ2n) is 5.29. The quantitative estimate of drug-likeness (QED) is 0.844. The summed E-state index contributed by atoms with van der Waals surface area (Å²) in [7, 11) is 0. The van der Waals surface area contributed by atoms with Crippen molar-refractivity contribution in [1.82, 2.24) is 9.97 Å². The summed E-state index contributed by atoms with van der Waals surface area (Å²) in [6, 6.07) is 0. The van der Waals surface area contributed by atoms with Gasteiger partial charge in [0.25, 0.3) is 0 Å². The van der Waals surface area contributed by atoms with Gasteiger partial charge in [-0.25, -0.2) is 9.97 Å². The largest absolute Gasteiger partial charge is 0.369 e. The molecule has 4 nitrogen and oxygen atoms in total. The molecular weight excluding hydrogens is 292 g/mol. The zero-order valence-electron chi connectivity index (χ0n) is 11.3. The SMILES string of the molecule is CCNc1ncnc(NCC2(C(C)C)CC2)c1Br. The van der Waals surface area contributed by atoms with Gasteiger partial charge in [0.15, 0.2) is 0 Å². The number of hydrogen-bond acceptors (Lipinski definition) is 4. The third kappa shape index (κ3) is 2.76. The first-order valence-corrected chi connectivity index (χ1v) is 7.36. The molecule has 100 valence electrons. The molecular formula is C13H21BrN4. The predicted octanol–water partition coefficient (Wildman–Crippen LogP) is 3.52. The maximum atomic E-state index is 4.30. The molecule has 2 rings (SSSR count). The molecule has 0 unspecified atom stereocenters. The molecule has 1 aliphatic carbocycles. The van der Waals surface area contributed by atoms with Crippen LogP contribution in [0.15, 0.2) is 10.8 Å². The molecule has 0 bridgehead atoms. The minimum Gasteiger partial charge on any atom is -0.369 e. The van der Waals surface area contributed by atoms with Crippen molar-refractivity contribution in [3.8, 4) is 0 Å². The molecule has 0 aliphatic heterocycles. The van der Waals surface area contributed by atoms with Crippen LogP contribution < -0.4 is 10.6 Å². The Morgan fingerprint density at radius 2 is 1.89 bits per heavy atom. The molecule has 0 aromatic carbocycles. The van der Waals surface area contributed by atoms with Crippen molar-refractivity contribution in [2.45, 2.75) is 33.6 Å². The van der Waals surface area contributed by atoms with Crippen molar-refractivity contribution in [3.63, 3.8) is 0 Å². The van der Waals surface area contributed by atoms with Gasteiger partial charge in [0, 0.05) is 13.1 Å². The fraction of sp³-hybridized carbons (Fsp3) is 0.692. The highest BCUT2D eigenvalue weighted by Crippen LogP contribution is 2.51. The molecule has 5 heteroatoms. The van der Waals surface area contributed by atoms with Crippen LogP contribution in [0.4, 0.5) is 11.6 Å². The van der Waals surface area contributed by atoms with Gasteiger partial charge >= 0.3 is 0 Å². The summed E-state index contributed by atoms with van der Waals surface area (Å²) in [5, 5.41) is 6.67. The topological polar surface area (TPSA) is 49.8 Å². The average Bonchev–Trinajstić information content (AvgIpc) is 3.12. The number of anilines is 2. The molecule has 1 fully saturated rings. The second-order valence-corrected chi connectivity index (χ2v) is 6.08. The summed E-state index contributed by atoms with van der Waals surface area (Å²) >= 11 is 3.56. The number of halogens is 1. The molecule has 2 N–H and O–H groups in total. The predicted molar refractivity (Wildman–Crippen MR) is 78.9 cm³/mol. The lowest BCUT2D eigenvalue weighted by molar-refractivity contribution is 0.380. The van der Waals surface area contributed by atoms with Crippen molar-refractivity contribution in [2.75, 3.05) is 23.7 Å². The van der Waals surface area contributed by atoms with Gasteiger partial charge < -0.3 is 10.6 Å². The molecule has 1 saturated carbocycles. The van der Waals surface area contributed by atoms with Crippen LogP contribution >= 0.6 is 15.9 Å². The van der Waals surface area contributed by atoms with E-state index in [0.717, 1.165) is 35.1 Å². The van der Waals surface area contributed by atoms with Crippen molar-refractivity contribution >= 4 is 27.6 Å². The van der Waals surface area contributed by atoms with Gasteiger partial charge in [-0.05, 0) is 47.0 Å². The van der Waals surface area contributed by atoms with E-state index in [4.69, 9.17) is 0 Å². The molecule has 0 saturated heterocycles. The van der Waals surface area contributed by atoms with Crippen LogP contribution in [0.25, 0.3) is 0 Å². The number of hydrogen-bond donors (Lipinski definition) is 2. The van der Waals surface area contributed by atoms with E-state index in [0.29, 0.717) is 5.41 Å². The smallest absolute Gasteiger partial charge is 0.145 e.